The molecule has 0 spiro atoms. The van der Waals surface area contributed by atoms with Gasteiger partial charge in [0.15, 0.2) is 0 Å². The van der Waals surface area contributed by atoms with E-state index < -0.39 is 0 Å². The molecule has 3 aromatic rings. The summed E-state index contributed by atoms with van der Waals surface area (Å²) in [5, 5.41) is 9.45. The topological polar surface area (TPSA) is 20.2 Å². The van der Waals surface area contributed by atoms with Crippen molar-refractivity contribution in [3.8, 4) is 11.1 Å². The van der Waals surface area contributed by atoms with Gasteiger partial charge in [-0.15, -0.1) is 0 Å². The summed E-state index contributed by atoms with van der Waals surface area (Å²) in [4.78, 5) is 0. The molecule has 0 atom stereocenters. The first-order valence-electron chi connectivity index (χ1n) is 11.1. The maximum atomic E-state index is 9.45. The highest BCUT2D eigenvalue weighted by molar-refractivity contribution is 5.71. The number of rotatable bonds is 9. The number of aryl methyl sites for hydroxylation is 5. The molecule has 1 N–H and O–H groups in total. The number of aliphatic hydroxyl groups is 1. The number of hydrogen-bond donors (Lipinski definition) is 1. The molecule has 0 saturated heterocycles. The molecule has 0 aromatic heterocycles. The maximum Gasteiger partial charge on any atom is 0.0681 e. The van der Waals surface area contributed by atoms with Crippen LogP contribution >= 0.6 is 0 Å². The molecule has 0 saturated carbocycles. The van der Waals surface area contributed by atoms with Crippen molar-refractivity contribution >= 4 is 0 Å². The third-order valence-corrected chi connectivity index (χ3v) is 5.84. The van der Waals surface area contributed by atoms with Crippen molar-refractivity contribution < 1.29 is 5.11 Å². The molecule has 0 heterocycles. The van der Waals surface area contributed by atoms with Gasteiger partial charge in [0.05, 0.1) is 6.61 Å². The van der Waals surface area contributed by atoms with Gasteiger partial charge in [-0.3, -0.25) is 0 Å². The Balaban J connectivity index is 1.78. The molecule has 0 radical (unpaired) electrons. The molecule has 0 unspecified atom stereocenters. The van der Waals surface area contributed by atoms with Crippen LogP contribution in [0.5, 0.6) is 0 Å². The summed E-state index contributed by atoms with van der Waals surface area (Å²) in [5.41, 5.74) is 10.6. The maximum absolute atomic E-state index is 9.45. The Kier molecular flexibility index (Phi) is 7.66. The highest BCUT2D eigenvalue weighted by atomic mass is 16.3. The van der Waals surface area contributed by atoms with Crippen LogP contribution in [0.15, 0.2) is 60.7 Å². The fourth-order valence-corrected chi connectivity index (χ4v) is 4.11. The SMILES string of the molecule is CCCc1ccc(CCc2ccc(-c3ccc(CO)cc3CC)c(CC)c2)cc1. The van der Waals surface area contributed by atoms with Crippen molar-refractivity contribution in [3.63, 3.8) is 0 Å². The molecule has 0 aliphatic rings. The molecular weight excluding hydrogens is 352 g/mol. The van der Waals surface area contributed by atoms with Crippen molar-refractivity contribution in [2.75, 3.05) is 0 Å². The lowest BCUT2D eigenvalue weighted by Crippen LogP contribution is -1.98. The lowest BCUT2D eigenvalue weighted by Gasteiger charge is -2.15. The molecule has 0 bridgehead atoms. The summed E-state index contributed by atoms with van der Waals surface area (Å²) in [5.74, 6) is 0. The fraction of sp³-hybridized carbons (Fsp3) is 0.357. The van der Waals surface area contributed by atoms with E-state index in [9.17, 15) is 5.11 Å². The zero-order chi connectivity index (χ0) is 20.6. The second kappa shape index (κ2) is 10.4. The molecule has 0 aliphatic carbocycles. The third kappa shape index (κ3) is 5.36. The van der Waals surface area contributed by atoms with Gasteiger partial charge in [-0.1, -0.05) is 87.9 Å². The van der Waals surface area contributed by atoms with E-state index in [1.165, 1.54) is 51.8 Å². The van der Waals surface area contributed by atoms with Gasteiger partial charge in [0, 0.05) is 0 Å². The largest absolute Gasteiger partial charge is 0.392 e. The first kappa shape index (κ1) is 21.3. The van der Waals surface area contributed by atoms with Gasteiger partial charge in [0.25, 0.3) is 0 Å². The Bertz CT molecular complexity index is 922. The summed E-state index contributed by atoms with van der Waals surface area (Å²) < 4.78 is 0. The Morgan fingerprint density at radius 2 is 1.00 bits per heavy atom. The van der Waals surface area contributed by atoms with Crippen molar-refractivity contribution in [1.82, 2.24) is 0 Å². The molecule has 1 heteroatoms. The zero-order valence-electron chi connectivity index (χ0n) is 18.2. The Labute approximate surface area is 176 Å². The summed E-state index contributed by atoms with van der Waals surface area (Å²) in [7, 11) is 0. The molecule has 0 aliphatic heterocycles. The minimum absolute atomic E-state index is 0.103. The van der Waals surface area contributed by atoms with Gasteiger partial charge >= 0.3 is 0 Å². The number of hydrogen-bond acceptors (Lipinski definition) is 1. The highest BCUT2D eigenvalue weighted by Crippen LogP contribution is 2.30. The summed E-state index contributed by atoms with van der Waals surface area (Å²) >= 11 is 0. The van der Waals surface area contributed by atoms with Gasteiger partial charge in [-0.2, -0.15) is 0 Å². The average molecular weight is 387 g/mol. The van der Waals surface area contributed by atoms with E-state index in [0.29, 0.717) is 0 Å². The van der Waals surface area contributed by atoms with E-state index in [1.54, 1.807) is 0 Å². The van der Waals surface area contributed by atoms with E-state index in [2.05, 4.69) is 75.4 Å². The smallest absolute Gasteiger partial charge is 0.0681 e. The highest BCUT2D eigenvalue weighted by Gasteiger charge is 2.10. The Morgan fingerprint density at radius 1 is 0.552 bits per heavy atom. The van der Waals surface area contributed by atoms with Crippen LogP contribution in [0.1, 0.15) is 60.6 Å². The normalized spacial score (nSPS) is 11.0. The van der Waals surface area contributed by atoms with E-state index in [1.807, 2.05) is 6.07 Å². The minimum atomic E-state index is 0.103. The van der Waals surface area contributed by atoms with Gasteiger partial charge < -0.3 is 5.11 Å². The van der Waals surface area contributed by atoms with E-state index in [4.69, 9.17) is 0 Å². The second-order valence-electron chi connectivity index (χ2n) is 7.91. The van der Waals surface area contributed by atoms with Crippen LogP contribution in [0.25, 0.3) is 11.1 Å². The molecular formula is C28H34O. The van der Waals surface area contributed by atoms with Gasteiger partial charge in [0.1, 0.15) is 0 Å². The van der Waals surface area contributed by atoms with Crippen molar-refractivity contribution in [2.45, 2.75) is 65.9 Å². The summed E-state index contributed by atoms with van der Waals surface area (Å²) in [6, 6.07) is 22.5. The second-order valence-corrected chi connectivity index (χ2v) is 7.91. The monoisotopic (exact) mass is 386 g/mol. The molecule has 152 valence electrons. The zero-order valence-corrected chi connectivity index (χ0v) is 18.2. The van der Waals surface area contributed by atoms with Gasteiger partial charge in [-0.25, -0.2) is 0 Å². The van der Waals surface area contributed by atoms with Crippen LogP contribution in [-0.4, -0.2) is 5.11 Å². The molecule has 0 amide bonds. The predicted molar refractivity (Wildman–Crippen MR) is 124 cm³/mol. The quantitative estimate of drug-likeness (QED) is 0.433. The van der Waals surface area contributed by atoms with Crippen LogP contribution in [0.3, 0.4) is 0 Å². The molecule has 29 heavy (non-hydrogen) atoms. The average Bonchev–Trinajstić information content (AvgIpc) is 2.78. The summed E-state index contributed by atoms with van der Waals surface area (Å²) in [6.45, 7) is 6.76. The fourth-order valence-electron chi connectivity index (χ4n) is 4.11. The Morgan fingerprint density at radius 3 is 1.52 bits per heavy atom. The van der Waals surface area contributed by atoms with Gasteiger partial charge in [0.2, 0.25) is 0 Å². The first-order valence-corrected chi connectivity index (χ1v) is 11.1. The predicted octanol–water partition coefficient (Wildman–Crippen LogP) is 6.71. The molecule has 1 nitrogen and oxygen atoms in total. The van der Waals surface area contributed by atoms with Gasteiger partial charge in [-0.05, 0) is 76.6 Å². The first-order chi connectivity index (χ1) is 14.2. The van der Waals surface area contributed by atoms with E-state index >= 15 is 0 Å². The van der Waals surface area contributed by atoms with Crippen molar-refractivity contribution in [1.29, 1.82) is 0 Å². The van der Waals surface area contributed by atoms with E-state index in [-0.39, 0.29) is 6.61 Å². The number of benzene rings is 3. The molecule has 3 rings (SSSR count). The third-order valence-electron chi connectivity index (χ3n) is 5.84. The van der Waals surface area contributed by atoms with Crippen LogP contribution < -0.4 is 0 Å². The summed E-state index contributed by atoms with van der Waals surface area (Å²) in [6.07, 6.45) is 6.53. The van der Waals surface area contributed by atoms with Crippen LogP contribution in [0.2, 0.25) is 0 Å². The lowest BCUT2D eigenvalue weighted by molar-refractivity contribution is 0.282. The van der Waals surface area contributed by atoms with Crippen molar-refractivity contribution in [2.24, 2.45) is 0 Å². The van der Waals surface area contributed by atoms with Crippen LogP contribution in [0, 0.1) is 0 Å². The number of aliphatic hydroxyl groups excluding tert-OH is 1. The minimum Gasteiger partial charge on any atom is -0.392 e. The molecule has 0 fully saturated rings. The van der Waals surface area contributed by atoms with Crippen molar-refractivity contribution in [3.05, 3.63) is 94.0 Å². The van der Waals surface area contributed by atoms with E-state index in [0.717, 1.165) is 31.2 Å². The lowest BCUT2D eigenvalue weighted by atomic mass is 9.90. The molecule has 3 aromatic carbocycles. The van der Waals surface area contributed by atoms with Crippen LogP contribution in [-0.2, 0) is 38.7 Å². The standard InChI is InChI=1S/C28H34O/c1-4-7-21-8-10-22(11-9-21)12-13-23-14-16-27(25(5-2)18-23)28-17-15-24(20-29)19-26(28)6-3/h8-11,14-19,29H,4-7,12-13,20H2,1-3H3. The Hall–Kier alpha value is -2.38. The van der Waals surface area contributed by atoms with Crippen LogP contribution in [0.4, 0.5) is 0 Å².